The number of hydrogen-bond acceptors (Lipinski definition) is 6. The largest absolute Gasteiger partial charge is 0.381 e. The van der Waals surface area contributed by atoms with Crippen molar-refractivity contribution in [1.82, 2.24) is 20.6 Å². The molecular weight excluding hydrogens is 484 g/mol. The molecule has 37 heavy (non-hydrogen) atoms. The second kappa shape index (κ2) is 11.2. The molecule has 0 radical (unpaired) electrons. The van der Waals surface area contributed by atoms with Gasteiger partial charge in [-0.1, -0.05) is 13.0 Å². The fourth-order valence-electron chi connectivity index (χ4n) is 4.63. The number of carbonyl (C=O) groups excluding carboxylic acids is 2. The average Bonchev–Trinajstić information content (AvgIpc) is 3.33. The number of thiophene rings is 1. The van der Waals surface area contributed by atoms with E-state index < -0.39 is 0 Å². The molecule has 2 N–H and O–H groups in total. The third kappa shape index (κ3) is 5.70. The lowest BCUT2D eigenvalue weighted by Gasteiger charge is -2.23. The van der Waals surface area contributed by atoms with Gasteiger partial charge in [0.05, 0.1) is 11.6 Å². The first kappa shape index (κ1) is 25.0. The van der Waals surface area contributed by atoms with Gasteiger partial charge >= 0.3 is 0 Å². The van der Waals surface area contributed by atoms with Crippen LogP contribution in [0.2, 0.25) is 0 Å². The Labute approximate surface area is 220 Å². The van der Waals surface area contributed by atoms with Crippen molar-refractivity contribution in [3.63, 3.8) is 0 Å². The summed E-state index contributed by atoms with van der Waals surface area (Å²) in [5.74, 6) is -0.170. The second-order valence-electron chi connectivity index (χ2n) is 9.32. The molecule has 0 saturated carbocycles. The van der Waals surface area contributed by atoms with Gasteiger partial charge in [-0.25, -0.2) is 0 Å². The van der Waals surface area contributed by atoms with E-state index in [1.54, 1.807) is 36.1 Å². The van der Waals surface area contributed by atoms with Crippen molar-refractivity contribution in [2.24, 2.45) is 0 Å². The Hall–Kier alpha value is -3.62. The lowest BCUT2D eigenvalue weighted by atomic mass is 10.0. The zero-order valence-electron chi connectivity index (χ0n) is 21.0. The molecule has 4 aromatic rings. The number of aryl methyl sites for hydroxylation is 1. The summed E-state index contributed by atoms with van der Waals surface area (Å²) in [6.07, 6.45) is 9.51. The maximum absolute atomic E-state index is 13.1. The minimum absolute atomic E-state index is 0.0409. The smallest absolute Gasteiger partial charge is 0.252 e. The van der Waals surface area contributed by atoms with E-state index in [-0.39, 0.29) is 23.9 Å². The highest BCUT2D eigenvalue weighted by atomic mass is 32.1. The van der Waals surface area contributed by atoms with Gasteiger partial charge in [-0.3, -0.25) is 19.6 Å². The standard InChI is InChI=1S/C29H30N4O3S/c1-3-26(33-28(34)20-4-5-21-15-30-9-6-19(21)12-20)22-13-23(17-31-16-22)27-14-25(18(2)37-27)29(35)32-24-7-10-36-11-8-24/h4-6,9,12-17,24,26H,3,7-8,10-11H2,1-2H3,(H,32,35)(H,33,34)/t26-/m1/s1. The van der Waals surface area contributed by atoms with Crippen LogP contribution >= 0.6 is 11.3 Å². The van der Waals surface area contributed by atoms with Crippen molar-refractivity contribution in [2.75, 3.05) is 13.2 Å². The van der Waals surface area contributed by atoms with Crippen LogP contribution in [0.3, 0.4) is 0 Å². The molecule has 4 heterocycles. The van der Waals surface area contributed by atoms with Crippen molar-refractivity contribution < 1.29 is 14.3 Å². The number of nitrogens with zero attached hydrogens (tertiary/aromatic N) is 2. The highest BCUT2D eigenvalue weighted by Crippen LogP contribution is 2.32. The zero-order valence-corrected chi connectivity index (χ0v) is 21.8. The fourth-order valence-corrected chi connectivity index (χ4v) is 5.62. The minimum Gasteiger partial charge on any atom is -0.381 e. The molecule has 0 unspecified atom stereocenters. The number of carbonyl (C=O) groups is 2. The predicted molar refractivity (Wildman–Crippen MR) is 146 cm³/mol. The molecule has 8 heteroatoms. The Morgan fingerprint density at radius 2 is 1.86 bits per heavy atom. The zero-order chi connectivity index (χ0) is 25.8. The first-order valence-electron chi connectivity index (χ1n) is 12.6. The fraction of sp³-hybridized carbons (Fsp3) is 0.310. The Balaban J connectivity index is 1.32. The Bertz CT molecular complexity index is 1430. The van der Waals surface area contributed by atoms with Crippen molar-refractivity contribution in [1.29, 1.82) is 0 Å². The normalized spacial score (nSPS) is 14.9. The van der Waals surface area contributed by atoms with Gasteiger partial charge in [-0.15, -0.1) is 11.3 Å². The average molecular weight is 515 g/mol. The number of ether oxygens (including phenoxy) is 1. The van der Waals surface area contributed by atoms with Gasteiger partial charge in [0.25, 0.3) is 11.8 Å². The molecule has 3 aromatic heterocycles. The third-order valence-electron chi connectivity index (χ3n) is 6.78. The van der Waals surface area contributed by atoms with Crippen LogP contribution in [0.4, 0.5) is 0 Å². The van der Waals surface area contributed by atoms with Gasteiger partial charge in [-0.2, -0.15) is 0 Å². The molecule has 1 aromatic carbocycles. The summed E-state index contributed by atoms with van der Waals surface area (Å²) in [5, 5.41) is 8.28. The van der Waals surface area contributed by atoms with Crippen LogP contribution in [0, 0.1) is 6.92 Å². The topological polar surface area (TPSA) is 93.2 Å². The van der Waals surface area contributed by atoms with E-state index in [4.69, 9.17) is 4.74 Å². The van der Waals surface area contributed by atoms with Crippen LogP contribution < -0.4 is 10.6 Å². The van der Waals surface area contributed by atoms with E-state index in [1.807, 2.05) is 44.2 Å². The van der Waals surface area contributed by atoms with E-state index in [9.17, 15) is 9.59 Å². The molecule has 7 nitrogen and oxygen atoms in total. The molecule has 1 aliphatic heterocycles. The molecule has 1 atom stereocenters. The lowest BCUT2D eigenvalue weighted by molar-refractivity contribution is 0.0696. The van der Waals surface area contributed by atoms with Crippen molar-refractivity contribution in [2.45, 2.75) is 45.2 Å². The van der Waals surface area contributed by atoms with Crippen LogP contribution in [-0.4, -0.2) is 41.0 Å². The number of benzene rings is 1. The molecule has 0 spiro atoms. The Morgan fingerprint density at radius 1 is 1.03 bits per heavy atom. The predicted octanol–water partition coefficient (Wildman–Crippen LogP) is 5.46. The third-order valence-corrected chi connectivity index (χ3v) is 7.88. The summed E-state index contributed by atoms with van der Waals surface area (Å²) in [6.45, 7) is 5.38. The van der Waals surface area contributed by atoms with Crippen LogP contribution in [0.5, 0.6) is 0 Å². The molecule has 2 amide bonds. The van der Waals surface area contributed by atoms with Gasteiger partial charge in [0, 0.05) is 70.3 Å². The SMILES string of the molecule is CC[C@@H](NC(=O)c1ccc2cnccc2c1)c1cncc(-c2cc(C(=O)NC3CCOCC3)c(C)s2)c1. The van der Waals surface area contributed by atoms with E-state index in [0.717, 1.165) is 50.9 Å². The molecule has 1 fully saturated rings. The molecule has 190 valence electrons. The van der Waals surface area contributed by atoms with Gasteiger partial charge in [-0.05, 0) is 67.5 Å². The maximum Gasteiger partial charge on any atom is 0.252 e. The maximum atomic E-state index is 13.1. The van der Waals surface area contributed by atoms with Crippen LogP contribution in [0.15, 0.2) is 61.2 Å². The molecule has 5 rings (SSSR count). The summed E-state index contributed by atoms with van der Waals surface area (Å²) in [4.78, 5) is 36.5. The van der Waals surface area contributed by atoms with Crippen molar-refractivity contribution in [3.05, 3.63) is 82.8 Å². The first-order valence-corrected chi connectivity index (χ1v) is 13.4. The van der Waals surface area contributed by atoms with Crippen LogP contribution in [-0.2, 0) is 4.74 Å². The molecule has 0 aliphatic carbocycles. The first-order chi connectivity index (χ1) is 18.0. The Morgan fingerprint density at radius 3 is 2.68 bits per heavy atom. The van der Waals surface area contributed by atoms with Gasteiger partial charge < -0.3 is 15.4 Å². The van der Waals surface area contributed by atoms with Gasteiger partial charge in [0.15, 0.2) is 0 Å². The lowest BCUT2D eigenvalue weighted by Crippen LogP contribution is -2.38. The highest BCUT2D eigenvalue weighted by Gasteiger charge is 2.21. The van der Waals surface area contributed by atoms with Gasteiger partial charge in [0.1, 0.15) is 0 Å². The van der Waals surface area contributed by atoms with E-state index in [1.165, 1.54) is 0 Å². The molecule has 0 bridgehead atoms. The quantitative estimate of drug-likeness (QED) is 0.342. The van der Waals surface area contributed by atoms with E-state index in [2.05, 4.69) is 26.7 Å². The summed E-state index contributed by atoms with van der Waals surface area (Å²) >= 11 is 1.58. The number of pyridine rings is 2. The summed E-state index contributed by atoms with van der Waals surface area (Å²) < 4.78 is 5.39. The van der Waals surface area contributed by atoms with Crippen LogP contribution in [0.1, 0.15) is 63.4 Å². The minimum atomic E-state index is -0.189. The summed E-state index contributed by atoms with van der Waals surface area (Å²) in [7, 11) is 0. The number of aromatic nitrogens is 2. The molecule has 1 aliphatic rings. The number of rotatable bonds is 7. The Kier molecular flexibility index (Phi) is 7.58. The van der Waals surface area contributed by atoms with E-state index >= 15 is 0 Å². The number of amides is 2. The summed E-state index contributed by atoms with van der Waals surface area (Å²) in [5.41, 5.74) is 3.17. The monoisotopic (exact) mass is 514 g/mol. The highest BCUT2D eigenvalue weighted by molar-refractivity contribution is 7.15. The van der Waals surface area contributed by atoms with Gasteiger partial charge in [0.2, 0.25) is 0 Å². The number of hydrogen-bond donors (Lipinski definition) is 2. The van der Waals surface area contributed by atoms with Crippen LogP contribution in [0.25, 0.3) is 21.2 Å². The van der Waals surface area contributed by atoms with Crippen molar-refractivity contribution in [3.8, 4) is 10.4 Å². The second-order valence-corrected chi connectivity index (χ2v) is 10.6. The molecular formula is C29H30N4O3S. The summed E-state index contributed by atoms with van der Waals surface area (Å²) in [6, 6.07) is 11.5. The number of fused-ring (bicyclic) bond motifs is 1. The number of nitrogens with one attached hydrogen (secondary N) is 2. The van der Waals surface area contributed by atoms with E-state index in [0.29, 0.717) is 24.3 Å². The van der Waals surface area contributed by atoms with Crippen molar-refractivity contribution >= 4 is 33.9 Å². The molecule has 1 saturated heterocycles.